The lowest BCUT2D eigenvalue weighted by atomic mass is 10.0. The van der Waals surface area contributed by atoms with Crippen LogP contribution in [0.1, 0.15) is 29.3 Å². The van der Waals surface area contributed by atoms with Crippen LogP contribution in [0.2, 0.25) is 0 Å². The number of amides is 1. The van der Waals surface area contributed by atoms with Crippen LogP contribution in [-0.2, 0) is 11.3 Å². The zero-order chi connectivity index (χ0) is 22.8. The number of rotatable bonds is 7. The standard InChI is InChI=1S/C25H25N3O5/c1-27(14-17-5-10-23-24(12-17)33-16-32-23)15-25(29)28-21(22-4-3-11-31-22)13-20(26-28)18-6-8-19(30-2)9-7-18/h3-12,21H,13-16H2,1-2H3/t21-/m0/s1. The second-order valence-corrected chi connectivity index (χ2v) is 8.11. The first-order valence-electron chi connectivity index (χ1n) is 10.7. The fourth-order valence-corrected chi connectivity index (χ4v) is 4.11. The predicted octanol–water partition coefficient (Wildman–Crippen LogP) is 3.83. The number of hydrazone groups is 1. The van der Waals surface area contributed by atoms with E-state index >= 15 is 0 Å². The van der Waals surface area contributed by atoms with E-state index in [1.165, 1.54) is 0 Å². The van der Waals surface area contributed by atoms with Crippen LogP contribution < -0.4 is 14.2 Å². The summed E-state index contributed by atoms with van der Waals surface area (Å²) in [5, 5.41) is 6.25. The SMILES string of the molecule is COc1ccc(C2=NN(C(=O)CN(C)Cc3ccc4c(c3)OCO4)[C@H](c3ccco3)C2)cc1. The van der Waals surface area contributed by atoms with Crippen molar-refractivity contribution in [2.75, 3.05) is 27.5 Å². The number of methoxy groups -OCH3 is 1. The van der Waals surface area contributed by atoms with Crippen LogP contribution in [0, 0.1) is 0 Å². The maximum Gasteiger partial charge on any atom is 0.257 e. The van der Waals surface area contributed by atoms with Gasteiger partial charge in [0.1, 0.15) is 17.6 Å². The molecule has 0 aliphatic carbocycles. The summed E-state index contributed by atoms with van der Waals surface area (Å²) >= 11 is 0. The quantitative estimate of drug-likeness (QED) is 0.548. The number of benzene rings is 2. The van der Waals surface area contributed by atoms with E-state index in [1.54, 1.807) is 18.4 Å². The van der Waals surface area contributed by atoms with Crippen molar-refractivity contribution in [3.8, 4) is 17.2 Å². The largest absolute Gasteiger partial charge is 0.497 e. The van der Waals surface area contributed by atoms with E-state index in [-0.39, 0.29) is 25.3 Å². The maximum absolute atomic E-state index is 13.3. The fraction of sp³-hybridized carbons (Fsp3) is 0.280. The first kappa shape index (κ1) is 21.1. The summed E-state index contributed by atoms with van der Waals surface area (Å²) in [6.45, 7) is 1.05. The Morgan fingerprint density at radius 2 is 1.97 bits per heavy atom. The van der Waals surface area contributed by atoms with Gasteiger partial charge in [0.05, 0.1) is 25.6 Å². The number of nitrogens with zero attached hydrogens (tertiary/aromatic N) is 3. The molecule has 0 bridgehead atoms. The van der Waals surface area contributed by atoms with Crippen LogP contribution in [0.3, 0.4) is 0 Å². The van der Waals surface area contributed by atoms with Crippen molar-refractivity contribution in [3.63, 3.8) is 0 Å². The van der Waals surface area contributed by atoms with Gasteiger partial charge in [-0.05, 0) is 66.7 Å². The molecule has 0 saturated heterocycles. The van der Waals surface area contributed by atoms with Crippen molar-refractivity contribution in [2.24, 2.45) is 5.10 Å². The van der Waals surface area contributed by atoms with Crippen molar-refractivity contribution >= 4 is 11.6 Å². The molecule has 1 amide bonds. The molecule has 0 unspecified atom stereocenters. The molecule has 2 aromatic carbocycles. The molecule has 1 atom stereocenters. The summed E-state index contributed by atoms with van der Waals surface area (Å²) in [6.07, 6.45) is 2.20. The lowest BCUT2D eigenvalue weighted by Crippen LogP contribution is -2.36. The Kier molecular flexibility index (Phi) is 5.75. The van der Waals surface area contributed by atoms with Crippen molar-refractivity contribution in [1.82, 2.24) is 9.91 Å². The Hall–Kier alpha value is -3.78. The third-order valence-corrected chi connectivity index (χ3v) is 5.76. The minimum Gasteiger partial charge on any atom is -0.497 e. The number of likely N-dealkylation sites (N-methyl/N-ethyl adjacent to an activating group) is 1. The number of ether oxygens (including phenoxy) is 3. The van der Waals surface area contributed by atoms with Crippen molar-refractivity contribution in [3.05, 3.63) is 77.7 Å². The Balaban J connectivity index is 1.31. The molecule has 5 rings (SSSR count). The van der Waals surface area contributed by atoms with E-state index in [2.05, 4.69) is 0 Å². The number of carbonyl (C=O) groups excluding carboxylic acids is 1. The van der Waals surface area contributed by atoms with Crippen LogP contribution in [0.15, 0.2) is 70.4 Å². The predicted molar refractivity (Wildman–Crippen MR) is 121 cm³/mol. The smallest absolute Gasteiger partial charge is 0.257 e. The van der Waals surface area contributed by atoms with Crippen LogP contribution >= 0.6 is 0 Å². The minimum atomic E-state index is -0.274. The number of carbonyl (C=O) groups is 1. The van der Waals surface area contributed by atoms with Crippen LogP contribution in [0.25, 0.3) is 0 Å². The number of hydrogen-bond donors (Lipinski definition) is 0. The van der Waals surface area contributed by atoms with Gasteiger partial charge in [0.25, 0.3) is 5.91 Å². The van der Waals surface area contributed by atoms with Gasteiger partial charge in [-0.2, -0.15) is 5.10 Å². The lowest BCUT2D eigenvalue weighted by Gasteiger charge is -2.23. The Morgan fingerprint density at radius 3 is 2.73 bits per heavy atom. The molecular formula is C25H25N3O5. The van der Waals surface area contributed by atoms with E-state index in [1.807, 2.05) is 66.5 Å². The van der Waals surface area contributed by atoms with E-state index < -0.39 is 0 Å². The molecule has 1 aromatic heterocycles. The topological polar surface area (TPSA) is 76.7 Å². The first-order chi connectivity index (χ1) is 16.1. The molecule has 170 valence electrons. The highest BCUT2D eigenvalue weighted by molar-refractivity contribution is 6.03. The normalized spacial score (nSPS) is 16.9. The number of hydrogen-bond acceptors (Lipinski definition) is 7. The van der Waals surface area contributed by atoms with Gasteiger partial charge in [-0.15, -0.1) is 0 Å². The van der Waals surface area contributed by atoms with Crippen LogP contribution in [0.4, 0.5) is 0 Å². The first-order valence-corrected chi connectivity index (χ1v) is 10.7. The second kappa shape index (κ2) is 8.99. The monoisotopic (exact) mass is 447 g/mol. The summed E-state index contributed by atoms with van der Waals surface area (Å²) in [5.74, 6) is 2.88. The summed E-state index contributed by atoms with van der Waals surface area (Å²) in [7, 11) is 3.55. The maximum atomic E-state index is 13.3. The molecule has 3 aromatic rings. The van der Waals surface area contributed by atoms with E-state index in [0.29, 0.717) is 18.7 Å². The molecule has 0 fully saturated rings. The third kappa shape index (κ3) is 4.42. The molecule has 33 heavy (non-hydrogen) atoms. The van der Waals surface area contributed by atoms with Gasteiger partial charge in [-0.25, -0.2) is 5.01 Å². The van der Waals surface area contributed by atoms with E-state index in [0.717, 1.165) is 34.1 Å². The van der Waals surface area contributed by atoms with Crippen LogP contribution in [0.5, 0.6) is 17.2 Å². The molecule has 8 nitrogen and oxygen atoms in total. The van der Waals surface area contributed by atoms with E-state index in [4.69, 9.17) is 23.7 Å². The van der Waals surface area contributed by atoms with Gasteiger partial charge in [0.2, 0.25) is 6.79 Å². The highest BCUT2D eigenvalue weighted by Crippen LogP contribution is 2.34. The molecule has 2 aliphatic rings. The molecule has 3 heterocycles. The highest BCUT2D eigenvalue weighted by atomic mass is 16.7. The molecular weight excluding hydrogens is 422 g/mol. The lowest BCUT2D eigenvalue weighted by molar-refractivity contribution is -0.134. The van der Waals surface area contributed by atoms with Gasteiger partial charge in [0.15, 0.2) is 11.5 Å². The van der Waals surface area contributed by atoms with Crippen molar-refractivity contribution < 1.29 is 23.4 Å². The summed E-state index contributed by atoms with van der Waals surface area (Å²) in [4.78, 5) is 15.2. The highest BCUT2D eigenvalue weighted by Gasteiger charge is 2.35. The van der Waals surface area contributed by atoms with Crippen molar-refractivity contribution in [2.45, 2.75) is 19.0 Å². The van der Waals surface area contributed by atoms with Gasteiger partial charge < -0.3 is 18.6 Å². The third-order valence-electron chi connectivity index (χ3n) is 5.76. The number of fused-ring (bicyclic) bond motifs is 1. The fourth-order valence-electron chi connectivity index (χ4n) is 4.11. The molecule has 0 radical (unpaired) electrons. The summed E-state index contributed by atoms with van der Waals surface area (Å²) < 4.78 is 21.7. The van der Waals surface area contributed by atoms with Gasteiger partial charge in [0, 0.05) is 13.0 Å². The number of furan rings is 1. The second-order valence-electron chi connectivity index (χ2n) is 8.11. The summed E-state index contributed by atoms with van der Waals surface area (Å²) in [5.41, 5.74) is 2.84. The molecule has 8 heteroatoms. The van der Waals surface area contributed by atoms with Gasteiger partial charge >= 0.3 is 0 Å². The van der Waals surface area contributed by atoms with Crippen molar-refractivity contribution in [1.29, 1.82) is 0 Å². The Labute approximate surface area is 192 Å². The average molecular weight is 447 g/mol. The summed E-state index contributed by atoms with van der Waals surface area (Å²) in [6, 6.07) is 17.0. The molecule has 0 saturated carbocycles. The average Bonchev–Trinajstić information content (AvgIpc) is 3.59. The van der Waals surface area contributed by atoms with Crippen LogP contribution in [-0.4, -0.2) is 49.0 Å². The Bertz CT molecular complexity index is 1160. The Morgan fingerprint density at radius 1 is 1.15 bits per heavy atom. The molecule has 0 spiro atoms. The van der Waals surface area contributed by atoms with Gasteiger partial charge in [-0.1, -0.05) is 6.07 Å². The van der Waals surface area contributed by atoms with E-state index in [9.17, 15) is 4.79 Å². The minimum absolute atomic E-state index is 0.0943. The molecule has 2 aliphatic heterocycles. The zero-order valence-electron chi connectivity index (χ0n) is 18.6. The molecule has 0 N–H and O–H groups in total. The zero-order valence-corrected chi connectivity index (χ0v) is 18.6. The van der Waals surface area contributed by atoms with Gasteiger partial charge in [-0.3, -0.25) is 9.69 Å².